The molecule has 0 aliphatic heterocycles. The van der Waals surface area contributed by atoms with Crippen molar-refractivity contribution in [3.8, 4) is 0 Å². The smallest absolute Gasteiger partial charge is 0.0914 e. The van der Waals surface area contributed by atoms with Crippen molar-refractivity contribution in [1.82, 2.24) is 4.98 Å². The van der Waals surface area contributed by atoms with Gasteiger partial charge in [0.05, 0.1) is 10.5 Å². The lowest BCUT2D eigenvalue weighted by Gasteiger charge is -2.06. The fourth-order valence-electron chi connectivity index (χ4n) is 1.52. The number of rotatable bonds is 0. The highest BCUT2D eigenvalue weighted by Crippen LogP contribution is 2.29. The Bertz CT molecular complexity index is 506. The molecule has 2 nitrogen and oxygen atoms in total. The van der Waals surface area contributed by atoms with Crippen LogP contribution in [0.1, 0.15) is 11.3 Å². The van der Waals surface area contributed by atoms with Crippen LogP contribution in [-0.4, -0.2) is 4.98 Å². The average Bonchev–Trinajstić information content (AvgIpc) is 2.12. The molecule has 0 aliphatic rings. The van der Waals surface area contributed by atoms with E-state index in [0.717, 1.165) is 27.8 Å². The number of benzene rings is 1. The zero-order valence-electron chi connectivity index (χ0n) is 8.13. The molecule has 0 aliphatic carbocycles. The van der Waals surface area contributed by atoms with Crippen molar-refractivity contribution in [2.45, 2.75) is 13.8 Å². The number of nitrogen functional groups attached to an aromatic ring is 1. The number of hydrogen-bond acceptors (Lipinski definition) is 2. The maximum atomic E-state index is 6.15. The Morgan fingerprint density at radius 3 is 2.71 bits per heavy atom. The quantitative estimate of drug-likeness (QED) is 0.720. The second-order valence-corrected chi connectivity index (χ2v) is 3.82. The Labute approximate surface area is 87.7 Å². The van der Waals surface area contributed by atoms with Gasteiger partial charge in [0.1, 0.15) is 0 Å². The normalized spacial score (nSPS) is 10.8. The van der Waals surface area contributed by atoms with Crippen LogP contribution in [0, 0.1) is 13.8 Å². The first kappa shape index (κ1) is 9.28. The second kappa shape index (κ2) is 3.14. The Kier molecular flexibility index (Phi) is 2.08. The highest BCUT2D eigenvalue weighted by molar-refractivity contribution is 6.36. The molecule has 1 heterocycles. The number of pyridine rings is 1. The zero-order valence-corrected chi connectivity index (χ0v) is 8.89. The van der Waals surface area contributed by atoms with Gasteiger partial charge in [0, 0.05) is 16.8 Å². The molecule has 0 saturated heterocycles. The van der Waals surface area contributed by atoms with E-state index in [2.05, 4.69) is 4.98 Å². The highest BCUT2D eigenvalue weighted by atomic mass is 35.5. The third-order valence-corrected chi connectivity index (χ3v) is 2.75. The minimum Gasteiger partial charge on any atom is -0.398 e. The fourth-order valence-corrected chi connectivity index (χ4v) is 1.73. The van der Waals surface area contributed by atoms with Crippen LogP contribution in [0.4, 0.5) is 5.69 Å². The standard InChI is InChI=1S/C11H11ClN2/c1-6-3-4-8-9(13)5-7(2)14-11(8)10(6)12/h3-5H,1-2H3,(H2,13,14). The van der Waals surface area contributed by atoms with Gasteiger partial charge in [0.15, 0.2) is 0 Å². The number of nitrogens with zero attached hydrogens (tertiary/aromatic N) is 1. The summed E-state index contributed by atoms with van der Waals surface area (Å²) in [6, 6.07) is 5.77. The van der Waals surface area contributed by atoms with Crippen LogP contribution in [0.25, 0.3) is 10.9 Å². The summed E-state index contributed by atoms with van der Waals surface area (Å²) in [4.78, 5) is 4.38. The molecular weight excluding hydrogens is 196 g/mol. The van der Waals surface area contributed by atoms with E-state index < -0.39 is 0 Å². The first-order valence-electron chi connectivity index (χ1n) is 4.41. The minimum absolute atomic E-state index is 0.693. The largest absolute Gasteiger partial charge is 0.398 e. The first-order valence-corrected chi connectivity index (χ1v) is 4.79. The molecule has 1 aromatic carbocycles. The van der Waals surface area contributed by atoms with Gasteiger partial charge in [-0.15, -0.1) is 0 Å². The lowest BCUT2D eigenvalue weighted by molar-refractivity contribution is 1.25. The topological polar surface area (TPSA) is 38.9 Å². The highest BCUT2D eigenvalue weighted by Gasteiger charge is 2.06. The lowest BCUT2D eigenvalue weighted by Crippen LogP contribution is -1.93. The van der Waals surface area contributed by atoms with Crippen molar-refractivity contribution in [3.05, 3.63) is 34.5 Å². The molecule has 0 fully saturated rings. The number of fused-ring (bicyclic) bond motifs is 1. The Balaban J connectivity index is 2.95. The summed E-state index contributed by atoms with van der Waals surface area (Å²) in [7, 11) is 0. The molecule has 0 amide bonds. The number of halogens is 1. The number of hydrogen-bond donors (Lipinski definition) is 1. The summed E-state index contributed by atoms with van der Waals surface area (Å²) in [6.07, 6.45) is 0. The van der Waals surface area contributed by atoms with Gasteiger partial charge >= 0.3 is 0 Å². The van der Waals surface area contributed by atoms with Gasteiger partial charge in [-0.05, 0) is 25.5 Å². The summed E-state index contributed by atoms with van der Waals surface area (Å²) < 4.78 is 0. The molecule has 2 rings (SSSR count). The Morgan fingerprint density at radius 1 is 1.29 bits per heavy atom. The SMILES string of the molecule is Cc1cc(N)c2ccc(C)c(Cl)c2n1. The predicted octanol–water partition coefficient (Wildman–Crippen LogP) is 3.09. The van der Waals surface area contributed by atoms with Crippen LogP contribution in [0.5, 0.6) is 0 Å². The first-order chi connectivity index (χ1) is 6.59. The summed E-state index contributed by atoms with van der Waals surface area (Å²) >= 11 is 6.15. The van der Waals surface area contributed by atoms with Crippen molar-refractivity contribution in [2.24, 2.45) is 0 Å². The van der Waals surface area contributed by atoms with Crippen LogP contribution in [0.3, 0.4) is 0 Å². The van der Waals surface area contributed by atoms with Gasteiger partial charge in [-0.3, -0.25) is 4.98 Å². The number of aryl methyl sites for hydroxylation is 2. The van der Waals surface area contributed by atoms with E-state index in [-0.39, 0.29) is 0 Å². The summed E-state index contributed by atoms with van der Waals surface area (Å²) in [5.41, 5.74) is 9.32. The van der Waals surface area contributed by atoms with E-state index in [0.29, 0.717) is 5.02 Å². The van der Waals surface area contributed by atoms with Crippen molar-refractivity contribution < 1.29 is 0 Å². The molecule has 2 N–H and O–H groups in total. The molecule has 1 aromatic heterocycles. The summed E-state index contributed by atoms with van der Waals surface area (Å²) in [5, 5.41) is 1.61. The van der Waals surface area contributed by atoms with Crippen molar-refractivity contribution in [3.63, 3.8) is 0 Å². The summed E-state index contributed by atoms with van der Waals surface area (Å²) in [6.45, 7) is 3.87. The predicted molar refractivity (Wildman–Crippen MR) is 60.6 cm³/mol. The van der Waals surface area contributed by atoms with Crippen LogP contribution in [0.2, 0.25) is 5.02 Å². The Hall–Kier alpha value is -1.28. The van der Waals surface area contributed by atoms with Crippen LogP contribution < -0.4 is 5.73 Å². The second-order valence-electron chi connectivity index (χ2n) is 3.45. The minimum atomic E-state index is 0.693. The third-order valence-electron chi connectivity index (χ3n) is 2.27. The number of anilines is 1. The van der Waals surface area contributed by atoms with E-state index in [9.17, 15) is 0 Å². The zero-order chi connectivity index (χ0) is 10.3. The van der Waals surface area contributed by atoms with E-state index in [4.69, 9.17) is 17.3 Å². The molecule has 0 unspecified atom stereocenters. The molecule has 0 bridgehead atoms. The molecule has 14 heavy (non-hydrogen) atoms. The van der Waals surface area contributed by atoms with Crippen molar-refractivity contribution >= 4 is 28.2 Å². The van der Waals surface area contributed by atoms with Crippen LogP contribution >= 0.6 is 11.6 Å². The average molecular weight is 207 g/mol. The van der Waals surface area contributed by atoms with Crippen molar-refractivity contribution in [1.29, 1.82) is 0 Å². The molecule has 2 aromatic rings. The maximum Gasteiger partial charge on any atom is 0.0914 e. The molecule has 0 spiro atoms. The molecule has 0 atom stereocenters. The summed E-state index contributed by atoms with van der Waals surface area (Å²) in [5.74, 6) is 0. The van der Waals surface area contributed by atoms with Gasteiger partial charge < -0.3 is 5.73 Å². The molecular formula is C11H11ClN2. The number of nitrogens with two attached hydrogens (primary N) is 1. The molecule has 72 valence electrons. The van der Waals surface area contributed by atoms with E-state index in [1.807, 2.05) is 32.0 Å². The van der Waals surface area contributed by atoms with E-state index >= 15 is 0 Å². The lowest BCUT2D eigenvalue weighted by atomic mass is 10.1. The van der Waals surface area contributed by atoms with E-state index in [1.165, 1.54) is 0 Å². The molecule has 3 heteroatoms. The number of aromatic nitrogens is 1. The van der Waals surface area contributed by atoms with Gasteiger partial charge in [-0.1, -0.05) is 23.7 Å². The van der Waals surface area contributed by atoms with Gasteiger partial charge in [0.25, 0.3) is 0 Å². The van der Waals surface area contributed by atoms with Crippen LogP contribution in [0.15, 0.2) is 18.2 Å². The van der Waals surface area contributed by atoms with Gasteiger partial charge in [-0.25, -0.2) is 0 Å². The third kappa shape index (κ3) is 1.32. The maximum absolute atomic E-state index is 6.15. The van der Waals surface area contributed by atoms with Crippen molar-refractivity contribution in [2.75, 3.05) is 5.73 Å². The Morgan fingerprint density at radius 2 is 2.00 bits per heavy atom. The molecule has 0 saturated carbocycles. The fraction of sp³-hybridized carbons (Fsp3) is 0.182. The van der Waals surface area contributed by atoms with E-state index in [1.54, 1.807) is 0 Å². The molecule has 0 radical (unpaired) electrons. The monoisotopic (exact) mass is 206 g/mol. The van der Waals surface area contributed by atoms with Gasteiger partial charge in [-0.2, -0.15) is 0 Å². The van der Waals surface area contributed by atoms with Gasteiger partial charge in [0.2, 0.25) is 0 Å². The van der Waals surface area contributed by atoms with Crippen LogP contribution in [-0.2, 0) is 0 Å².